The van der Waals surface area contributed by atoms with Crippen LogP contribution in [0.5, 0.6) is 5.88 Å². The summed E-state index contributed by atoms with van der Waals surface area (Å²) in [5.74, 6) is 0.497. The lowest BCUT2D eigenvalue weighted by Crippen LogP contribution is -2.11. The summed E-state index contributed by atoms with van der Waals surface area (Å²) in [6, 6.07) is 1.69. The van der Waals surface area contributed by atoms with Crippen molar-refractivity contribution in [2.75, 3.05) is 7.11 Å². The molecular formula is C9H9N3O2S. The number of aromatic nitrogens is 3. The van der Waals surface area contributed by atoms with Gasteiger partial charge < -0.3 is 9.72 Å². The fraction of sp³-hybridized carbons (Fsp3) is 0.222. The Kier molecular flexibility index (Phi) is 2.51. The zero-order valence-corrected chi connectivity index (χ0v) is 9.09. The highest BCUT2D eigenvalue weighted by Crippen LogP contribution is 2.23. The van der Waals surface area contributed by atoms with Gasteiger partial charge in [-0.2, -0.15) is 4.37 Å². The first-order chi connectivity index (χ1) is 7.20. The summed E-state index contributed by atoms with van der Waals surface area (Å²) in [4.78, 5) is 19.0. The summed E-state index contributed by atoms with van der Waals surface area (Å²) in [5, 5.41) is 0. The van der Waals surface area contributed by atoms with Crippen LogP contribution in [0.1, 0.15) is 5.69 Å². The van der Waals surface area contributed by atoms with Gasteiger partial charge in [-0.25, -0.2) is 4.98 Å². The molecule has 0 aliphatic carbocycles. The van der Waals surface area contributed by atoms with Crippen LogP contribution < -0.4 is 10.3 Å². The molecule has 0 bridgehead atoms. The lowest BCUT2D eigenvalue weighted by molar-refractivity contribution is 0.403. The van der Waals surface area contributed by atoms with E-state index >= 15 is 0 Å². The molecule has 0 fully saturated rings. The third-order valence-electron chi connectivity index (χ3n) is 1.84. The molecule has 0 amide bonds. The molecule has 78 valence electrons. The first-order valence-corrected chi connectivity index (χ1v) is 5.05. The van der Waals surface area contributed by atoms with E-state index in [1.807, 2.05) is 0 Å². The van der Waals surface area contributed by atoms with Gasteiger partial charge in [0.15, 0.2) is 0 Å². The molecule has 15 heavy (non-hydrogen) atoms. The van der Waals surface area contributed by atoms with Crippen molar-refractivity contribution in [2.45, 2.75) is 6.92 Å². The number of hydrogen-bond donors (Lipinski definition) is 1. The molecule has 0 radical (unpaired) electrons. The largest absolute Gasteiger partial charge is 0.480 e. The molecule has 0 saturated heterocycles. The van der Waals surface area contributed by atoms with Crippen molar-refractivity contribution in [1.29, 1.82) is 0 Å². The van der Waals surface area contributed by atoms with Crippen molar-refractivity contribution in [3.05, 3.63) is 28.3 Å². The van der Waals surface area contributed by atoms with E-state index in [4.69, 9.17) is 4.74 Å². The fourth-order valence-corrected chi connectivity index (χ4v) is 1.83. The number of ether oxygens (including phenoxy) is 1. The third-order valence-corrected chi connectivity index (χ3v) is 2.62. The van der Waals surface area contributed by atoms with Crippen molar-refractivity contribution >= 4 is 11.5 Å². The summed E-state index contributed by atoms with van der Waals surface area (Å²) in [5.41, 5.74) is 0.905. The second-order valence-electron chi connectivity index (χ2n) is 2.98. The molecule has 0 aliphatic rings. The van der Waals surface area contributed by atoms with Crippen LogP contribution in [-0.4, -0.2) is 21.5 Å². The van der Waals surface area contributed by atoms with Gasteiger partial charge in [0.05, 0.1) is 12.0 Å². The normalized spacial score (nSPS) is 10.3. The Bertz CT molecular complexity index is 532. The minimum Gasteiger partial charge on any atom is -0.480 e. The summed E-state index contributed by atoms with van der Waals surface area (Å²) >= 11 is 1.19. The standard InChI is InChI=1S/C9H9N3O2S/c1-5-4-10-8(9(13)11-5)6-3-7(14-2)12-15-6/h3-4H,1-2H3,(H,11,13). The molecule has 6 heteroatoms. The highest BCUT2D eigenvalue weighted by molar-refractivity contribution is 7.09. The first-order valence-electron chi connectivity index (χ1n) is 4.27. The molecule has 5 nitrogen and oxygen atoms in total. The van der Waals surface area contributed by atoms with Crippen LogP contribution in [0.4, 0.5) is 0 Å². The number of hydrogen-bond acceptors (Lipinski definition) is 5. The maximum Gasteiger partial charge on any atom is 0.275 e. The molecule has 2 aromatic heterocycles. The SMILES string of the molecule is COc1cc(-c2ncc(C)[nH]c2=O)sn1. The maximum absolute atomic E-state index is 11.6. The van der Waals surface area contributed by atoms with Gasteiger partial charge in [-0.05, 0) is 18.5 Å². The summed E-state index contributed by atoms with van der Waals surface area (Å²) in [6.07, 6.45) is 1.61. The number of nitrogens with zero attached hydrogens (tertiary/aromatic N) is 2. The van der Waals surface area contributed by atoms with Crippen molar-refractivity contribution in [1.82, 2.24) is 14.3 Å². The van der Waals surface area contributed by atoms with Crippen molar-refractivity contribution in [2.24, 2.45) is 0 Å². The molecule has 2 aromatic rings. The van der Waals surface area contributed by atoms with Crippen molar-refractivity contribution in [3.63, 3.8) is 0 Å². The number of aryl methyl sites for hydroxylation is 1. The van der Waals surface area contributed by atoms with Crippen LogP contribution in [0.25, 0.3) is 10.6 Å². The molecule has 0 spiro atoms. The molecule has 0 aromatic carbocycles. The van der Waals surface area contributed by atoms with Gasteiger partial charge in [0.1, 0.15) is 5.69 Å². The van der Waals surface area contributed by atoms with Crippen LogP contribution in [0.15, 0.2) is 17.1 Å². The Morgan fingerprint density at radius 1 is 1.53 bits per heavy atom. The van der Waals surface area contributed by atoms with E-state index in [9.17, 15) is 4.79 Å². The predicted octanol–water partition coefficient (Wildman–Crippen LogP) is 1.21. The van der Waals surface area contributed by atoms with E-state index in [2.05, 4.69) is 14.3 Å². The summed E-state index contributed by atoms with van der Waals surface area (Å²) < 4.78 is 8.94. The molecule has 0 aliphatic heterocycles. The van der Waals surface area contributed by atoms with Gasteiger partial charge in [-0.1, -0.05) is 0 Å². The molecule has 2 heterocycles. The van der Waals surface area contributed by atoms with Gasteiger partial charge in [-0.3, -0.25) is 4.79 Å². The minimum atomic E-state index is -0.207. The summed E-state index contributed by atoms with van der Waals surface area (Å²) in [6.45, 7) is 1.78. The average molecular weight is 223 g/mol. The lowest BCUT2D eigenvalue weighted by atomic mass is 10.3. The Morgan fingerprint density at radius 3 is 2.93 bits per heavy atom. The second kappa shape index (κ2) is 3.82. The number of H-pyrrole nitrogens is 1. The maximum atomic E-state index is 11.6. The zero-order valence-electron chi connectivity index (χ0n) is 8.27. The minimum absolute atomic E-state index is 0.207. The predicted molar refractivity (Wildman–Crippen MR) is 57.3 cm³/mol. The Morgan fingerprint density at radius 2 is 2.33 bits per heavy atom. The monoisotopic (exact) mass is 223 g/mol. The molecule has 1 N–H and O–H groups in total. The van der Waals surface area contributed by atoms with Crippen LogP contribution in [0, 0.1) is 6.92 Å². The molecular weight excluding hydrogens is 214 g/mol. The van der Waals surface area contributed by atoms with Gasteiger partial charge in [-0.15, -0.1) is 0 Å². The van der Waals surface area contributed by atoms with E-state index in [1.54, 1.807) is 19.2 Å². The topological polar surface area (TPSA) is 67.9 Å². The highest BCUT2D eigenvalue weighted by Gasteiger charge is 2.09. The smallest absolute Gasteiger partial charge is 0.275 e. The summed E-state index contributed by atoms with van der Waals surface area (Å²) in [7, 11) is 1.53. The quantitative estimate of drug-likeness (QED) is 0.831. The van der Waals surface area contributed by atoms with E-state index in [0.29, 0.717) is 16.5 Å². The van der Waals surface area contributed by atoms with E-state index < -0.39 is 0 Å². The number of methoxy groups -OCH3 is 1. The molecule has 2 rings (SSSR count). The van der Waals surface area contributed by atoms with E-state index in [0.717, 1.165) is 5.69 Å². The van der Waals surface area contributed by atoms with Crippen LogP contribution in [-0.2, 0) is 0 Å². The highest BCUT2D eigenvalue weighted by atomic mass is 32.1. The van der Waals surface area contributed by atoms with E-state index in [1.165, 1.54) is 18.6 Å². The zero-order chi connectivity index (χ0) is 10.8. The van der Waals surface area contributed by atoms with Gasteiger partial charge >= 0.3 is 0 Å². The Balaban J connectivity index is 2.49. The Hall–Kier alpha value is -1.69. The van der Waals surface area contributed by atoms with Crippen LogP contribution in [0.2, 0.25) is 0 Å². The number of rotatable bonds is 2. The lowest BCUT2D eigenvalue weighted by Gasteiger charge is -1.95. The van der Waals surface area contributed by atoms with Crippen molar-refractivity contribution in [3.8, 4) is 16.5 Å². The molecule has 0 atom stereocenters. The number of aromatic amines is 1. The fourth-order valence-electron chi connectivity index (χ4n) is 1.13. The van der Waals surface area contributed by atoms with Gasteiger partial charge in [0.2, 0.25) is 5.88 Å². The molecule has 0 unspecified atom stereocenters. The number of nitrogens with one attached hydrogen (secondary N) is 1. The Labute approximate surface area is 89.9 Å². The first kappa shape index (κ1) is 9.85. The molecule has 0 saturated carbocycles. The second-order valence-corrected chi connectivity index (χ2v) is 3.78. The average Bonchev–Trinajstić information content (AvgIpc) is 2.66. The van der Waals surface area contributed by atoms with Crippen LogP contribution >= 0.6 is 11.5 Å². The third kappa shape index (κ3) is 1.89. The van der Waals surface area contributed by atoms with Crippen LogP contribution in [0.3, 0.4) is 0 Å². The van der Waals surface area contributed by atoms with Gasteiger partial charge in [0, 0.05) is 18.0 Å². The van der Waals surface area contributed by atoms with Crippen molar-refractivity contribution < 1.29 is 4.74 Å². The van der Waals surface area contributed by atoms with E-state index in [-0.39, 0.29) is 5.56 Å². The van der Waals surface area contributed by atoms with Gasteiger partial charge in [0.25, 0.3) is 5.56 Å².